The first-order valence-corrected chi connectivity index (χ1v) is 10.5. The summed E-state index contributed by atoms with van der Waals surface area (Å²) in [5.74, 6) is -0.182. The summed E-state index contributed by atoms with van der Waals surface area (Å²) in [5, 5.41) is 22.2. The van der Waals surface area contributed by atoms with Gasteiger partial charge in [0.15, 0.2) is 0 Å². The van der Waals surface area contributed by atoms with Gasteiger partial charge in [-0.15, -0.1) is 0 Å². The highest BCUT2D eigenvalue weighted by Gasteiger charge is 2.24. The molecule has 0 saturated heterocycles. The van der Waals surface area contributed by atoms with Crippen LogP contribution in [0.15, 0.2) is 53.6 Å². The zero-order chi connectivity index (χ0) is 22.5. The third-order valence-corrected chi connectivity index (χ3v) is 5.87. The number of rotatable bonds is 5. The van der Waals surface area contributed by atoms with Crippen LogP contribution in [0, 0.1) is 36.5 Å². The van der Waals surface area contributed by atoms with Crippen molar-refractivity contribution in [3.63, 3.8) is 0 Å². The molecule has 3 N–H and O–H groups in total. The Balaban J connectivity index is 1.97. The van der Waals surface area contributed by atoms with E-state index in [1.54, 1.807) is 6.92 Å². The highest BCUT2D eigenvalue weighted by molar-refractivity contribution is 8.00. The van der Waals surface area contributed by atoms with Crippen LogP contribution >= 0.6 is 11.8 Å². The SMILES string of the molecule is Cc1ccc(C)c(NC(=O)C(C)Sc2nc(N)c(C#N)c(-c3ccccc3)c2C#N)c1. The number of aryl methyl sites for hydroxylation is 2. The summed E-state index contributed by atoms with van der Waals surface area (Å²) in [6.07, 6.45) is 0. The number of carbonyl (C=O) groups is 1. The van der Waals surface area contributed by atoms with Crippen LogP contribution < -0.4 is 11.1 Å². The van der Waals surface area contributed by atoms with E-state index in [1.165, 1.54) is 0 Å². The second kappa shape index (κ2) is 9.34. The summed E-state index contributed by atoms with van der Waals surface area (Å²) in [5.41, 5.74) is 10.3. The van der Waals surface area contributed by atoms with Gasteiger partial charge >= 0.3 is 0 Å². The van der Waals surface area contributed by atoms with Crippen molar-refractivity contribution in [2.24, 2.45) is 0 Å². The molecule has 0 bridgehead atoms. The van der Waals surface area contributed by atoms with Gasteiger partial charge in [-0.2, -0.15) is 10.5 Å². The molecule has 0 spiro atoms. The highest BCUT2D eigenvalue weighted by atomic mass is 32.2. The van der Waals surface area contributed by atoms with Gasteiger partial charge in [0.1, 0.15) is 28.5 Å². The summed E-state index contributed by atoms with van der Waals surface area (Å²) in [4.78, 5) is 17.1. The molecular formula is C24H21N5OS. The molecule has 1 unspecified atom stereocenters. The molecule has 1 amide bonds. The minimum atomic E-state index is -0.546. The lowest BCUT2D eigenvalue weighted by Crippen LogP contribution is -2.23. The number of amides is 1. The van der Waals surface area contributed by atoms with Gasteiger partial charge < -0.3 is 11.1 Å². The van der Waals surface area contributed by atoms with E-state index in [1.807, 2.05) is 62.4 Å². The second-order valence-electron chi connectivity index (χ2n) is 7.08. The van der Waals surface area contributed by atoms with Gasteiger partial charge in [-0.1, -0.05) is 54.2 Å². The summed E-state index contributed by atoms with van der Waals surface area (Å²) in [6, 6.07) is 19.2. The van der Waals surface area contributed by atoms with E-state index >= 15 is 0 Å². The number of nitrogens with two attached hydrogens (primary N) is 1. The lowest BCUT2D eigenvalue weighted by molar-refractivity contribution is -0.115. The molecule has 3 rings (SSSR count). The van der Waals surface area contributed by atoms with Crippen molar-refractivity contribution >= 4 is 29.2 Å². The topological polar surface area (TPSA) is 116 Å². The molecular weight excluding hydrogens is 406 g/mol. The smallest absolute Gasteiger partial charge is 0.237 e. The molecule has 6 nitrogen and oxygen atoms in total. The Kier molecular flexibility index (Phi) is 6.59. The zero-order valence-corrected chi connectivity index (χ0v) is 18.2. The van der Waals surface area contributed by atoms with E-state index < -0.39 is 5.25 Å². The lowest BCUT2D eigenvalue weighted by Gasteiger charge is -2.16. The Morgan fingerprint density at radius 3 is 2.42 bits per heavy atom. The first-order chi connectivity index (χ1) is 14.8. The standard InChI is InChI=1S/C24H21N5OS/c1-14-9-10-15(2)20(11-14)28-23(30)16(3)31-24-19(13-26)21(17-7-5-4-6-8-17)18(12-25)22(27)29-24/h4-11,16H,1-3H3,(H2,27,29)(H,28,30). The number of nitrogens with one attached hydrogen (secondary N) is 1. The van der Waals surface area contributed by atoms with Crippen LogP contribution in [-0.2, 0) is 4.79 Å². The number of aromatic nitrogens is 1. The van der Waals surface area contributed by atoms with Crippen LogP contribution in [0.2, 0.25) is 0 Å². The van der Waals surface area contributed by atoms with Crippen molar-refractivity contribution in [1.82, 2.24) is 4.98 Å². The highest BCUT2D eigenvalue weighted by Crippen LogP contribution is 2.37. The molecule has 1 atom stereocenters. The fraction of sp³-hybridized carbons (Fsp3) is 0.167. The molecule has 0 aliphatic heterocycles. The lowest BCUT2D eigenvalue weighted by atomic mass is 9.97. The maximum atomic E-state index is 12.8. The number of hydrogen-bond donors (Lipinski definition) is 2. The molecule has 154 valence electrons. The molecule has 3 aromatic rings. The van der Waals surface area contributed by atoms with Gasteiger partial charge in [0.2, 0.25) is 5.91 Å². The first kappa shape index (κ1) is 21.9. The Bertz CT molecular complexity index is 1230. The summed E-state index contributed by atoms with van der Waals surface area (Å²) in [7, 11) is 0. The Labute approximate surface area is 185 Å². The van der Waals surface area contributed by atoms with Crippen molar-refractivity contribution in [2.45, 2.75) is 31.0 Å². The van der Waals surface area contributed by atoms with Gasteiger partial charge in [0, 0.05) is 11.3 Å². The average Bonchev–Trinajstić information content (AvgIpc) is 2.76. The zero-order valence-electron chi connectivity index (χ0n) is 17.4. The largest absolute Gasteiger partial charge is 0.383 e. The molecule has 2 aromatic carbocycles. The first-order valence-electron chi connectivity index (χ1n) is 9.59. The molecule has 7 heteroatoms. The van der Waals surface area contributed by atoms with Gasteiger partial charge in [-0.25, -0.2) is 4.98 Å². The van der Waals surface area contributed by atoms with E-state index in [2.05, 4.69) is 22.4 Å². The number of nitrogens with zero attached hydrogens (tertiary/aromatic N) is 3. The average molecular weight is 428 g/mol. The quantitative estimate of drug-likeness (QED) is 0.565. The Hall–Kier alpha value is -3.81. The van der Waals surface area contributed by atoms with E-state index in [9.17, 15) is 15.3 Å². The van der Waals surface area contributed by atoms with Gasteiger partial charge in [-0.05, 0) is 43.5 Å². The molecule has 0 aliphatic carbocycles. The molecule has 1 aromatic heterocycles. The second-order valence-corrected chi connectivity index (χ2v) is 8.41. The molecule has 0 saturated carbocycles. The maximum Gasteiger partial charge on any atom is 0.237 e. The van der Waals surface area contributed by atoms with Crippen LogP contribution in [0.5, 0.6) is 0 Å². The van der Waals surface area contributed by atoms with Gasteiger partial charge in [-0.3, -0.25) is 4.79 Å². The molecule has 0 aliphatic rings. The summed E-state index contributed by atoms with van der Waals surface area (Å²) < 4.78 is 0. The van der Waals surface area contributed by atoms with Crippen LogP contribution in [-0.4, -0.2) is 16.1 Å². The summed E-state index contributed by atoms with van der Waals surface area (Å²) in [6.45, 7) is 5.63. The third-order valence-electron chi connectivity index (χ3n) is 4.79. The number of benzene rings is 2. The van der Waals surface area contributed by atoms with E-state index in [-0.39, 0.29) is 22.9 Å². The number of anilines is 2. The molecule has 0 fully saturated rings. The van der Waals surface area contributed by atoms with Gasteiger partial charge in [0.25, 0.3) is 0 Å². The minimum absolute atomic E-state index is 0.0324. The van der Waals surface area contributed by atoms with Crippen LogP contribution in [0.3, 0.4) is 0 Å². The normalized spacial score (nSPS) is 11.3. The van der Waals surface area contributed by atoms with Crippen molar-refractivity contribution in [2.75, 3.05) is 11.1 Å². The van der Waals surface area contributed by atoms with Gasteiger partial charge in [0.05, 0.1) is 10.8 Å². The number of nitriles is 2. The third kappa shape index (κ3) is 4.69. The maximum absolute atomic E-state index is 12.8. The van der Waals surface area contributed by atoms with Crippen LogP contribution in [0.25, 0.3) is 11.1 Å². The van der Waals surface area contributed by atoms with E-state index in [4.69, 9.17) is 5.73 Å². The van der Waals surface area contributed by atoms with E-state index in [0.29, 0.717) is 16.2 Å². The molecule has 31 heavy (non-hydrogen) atoms. The molecule has 1 heterocycles. The van der Waals surface area contributed by atoms with Crippen molar-refractivity contribution in [3.05, 3.63) is 70.8 Å². The number of hydrogen-bond acceptors (Lipinski definition) is 6. The molecule has 0 radical (unpaired) electrons. The van der Waals surface area contributed by atoms with Crippen LogP contribution in [0.1, 0.15) is 29.2 Å². The number of thioether (sulfide) groups is 1. The predicted octanol–water partition coefficient (Wildman–Crippen LogP) is 4.81. The minimum Gasteiger partial charge on any atom is -0.383 e. The van der Waals surface area contributed by atoms with Crippen molar-refractivity contribution < 1.29 is 4.79 Å². The van der Waals surface area contributed by atoms with Crippen molar-refractivity contribution in [3.8, 4) is 23.3 Å². The summed E-state index contributed by atoms with van der Waals surface area (Å²) >= 11 is 1.14. The number of nitrogen functional groups attached to an aromatic ring is 1. The fourth-order valence-electron chi connectivity index (χ4n) is 3.10. The Morgan fingerprint density at radius 2 is 1.77 bits per heavy atom. The Morgan fingerprint density at radius 1 is 1.10 bits per heavy atom. The number of pyridine rings is 1. The predicted molar refractivity (Wildman–Crippen MR) is 123 cm³/mol. The van der Waals surface area contributed by atoms with E-state index in [0.717, 1.165) is 28.6 Å². The van der Waals surface area contributed by atoms with Crippen LogP contribution in [0.4, 0.5) is 11.5 Å². The number of carbonyl (C=O) groups excluding carboxylic acids is 1. The van der Waals surface area contributed by atoms with Crippen molar-refractivity contribution in [1.29, 1.82) is 10.5 Å². The monoisotopic (exact) mass is 427 g/mol. The fourth-order valence-corrected chi connectivity index (χ4v) is 4.02.